The smallest absolute Gasteiger partial charge is 0.231 e. The minimum Gasteiger partial charge on any atom is -0.454 e. The second kappa shape index (κ2) is 6.84. The number of benzene rings is 1. The number of aromatic nitrogens is 4. The Bertz CT molecular complexity index is 1020. The van der Waals surface area contributed by atoms with Gasteiger partial charge in [-0.25, -0.2) is 15.0 Å². The number of nitrogens with zero attached hydrogens (tertiary/aromatic N) is 4. The molecule has 1 saturated heterocycles. The van der Waals surface area contributed by atoms with Gasteiger partial charge in [-0.3, -0.25) is 0 Å². The van der Waals surface area contributed by atoms with Crippen LogP contribution in [0.5, 0.6) is 11.5 Å². The standard InChI is InChI=1S/C17H17BrN6O2S/c18-10-3-11-12(26-8-25-11)4-13(10)27-17-23-14-15(19)21-7-22-16(14)24(17)2-1-9-5-20-6-9/h3-4,7,9,20H,1-2,5-6,8H2,(H2,19,21,22). The van der Waals surface area contributed by atoms with Crippen LogP contribution in [-0.4, -0.2) is 39.4 Å². The minimum atomic E-state index is 0.246. The number of nitrogen functional groups attached to an aromatic ring is 1. The molecule has 8 nitrogen and oxygen atoms in total. The molecular weight excluding hydrogens is 432 g/mol. The molecule has 2 aliphatic heterocycles. The van der Waals surface area contributed by atoms with Crippen molar-refractivity contribution < 1.29 is 9.47 Å². The molecule has 2 aliphatic rings. The first-order valence-electron chi connectivity index (χ1n) is 8.63. The summed E-state index contributed by atoms with van der Waals surface area (Å²) in [5, 5.41) is 4.15. The summed E-state index contributed by atoms with van der Waals surface area (Å²) < 4.78 is 14.0. The molecule has 0 radical (unpaired) electrons. The van der Waals surface area contributed by atoms with Gasteiger partial charge in [-0.05, 0) is 53.5 Å². The summed E-state index contributed by atoms with van der Waals surface area (Å²) in [5.41, 5.74) is 7.45. The molecule has 1 fully saturated rings. The van der Waals surface area contributed by atoms with Crippen molar-refractivity contribution in [2.24, 2.45) is 5.92 Å². The molecule has 0 atom stereocenters. The van der Waals surface area contributed by atoms with E-state index in [1.54, 1.807) is 11.8 Å². The third-order valence-corrected chi connectivity index (χ3v) is 6.75. The number of nitrogens with two attached hydrogens (primary N) is 1. The molecule has 140 valence electrons. The molecule has 0 bridgehead atoms. The van der Waals surface area contributed by atoms with Crippen LogP contribution in [0.2, 0.25) is 0 Å². The molecule has 2 aromatic heterocycles. The Morgan fingerprint density at radius 2 is 2.07 bits per heavy atom. The van der Waals surface area contributed by atoms with E-state index >= 15 is 0 Å². The van der Waals surface area contributed by atoms with Gasteiger partial charge in [0.25, 0.3) is 0 Å². The molecule has 0 unspecified atom stereocenters. The molecule has 0 spiro atoms. The number of anilines is 1. The summed E-state index contributed by atoms with van der Waals surface area (Å²) in [5.74, 6) is 2.57. The van der Waals surface area contributed by atoms with Gasteiger partial charge in [0.1, 0.15) is 6.33 Å². The molecule has 3 N–H and O–H groups in total. The van der Waals surface area contributed by atoms with E-state index in [-0.39, 0.29) is 6.79 Å². The van der Waals surface area contributed by atoms with Crippen LogP contribution in [0.15, 0.2) is 33.0 Å². The molecule has 4 heterocycles. The molecule has 3 aromatic rings. The van der Waals surface area contributed by atoms with Crippen molar-refractivity contribution in [2.45, 2.75) is 23.0 Å². The number of fused-ring (bicyclic) bond motifs is 2. The first kappa shape index (κ1) is 17.1. The van der Waals surface area contributed by atoms with Crippen LogP contribution in [0.4, 0.5) is 5.82 Å². The summed E-state index contributed by atoms with van der Waals surface area (Å²) in [6, 6.07) is 3.89. The average molecular weight is 449 g/mol. The fourth-order valence-corrected chi connectivity index (χ4v) is 4.66. The molecule has 1 aromatic carbocycles. The van der Waals surface area contributed by atoms with Crippen molar-refractivity contribution >= 4 is 44.7 Å². The highest BCUT2D eigenvalue weighted by molar-refractivity contribution is 9.10. The number of hydrogen-bond donors (Lipinski definition) is 2. The maximum Gasteiger partial charge on any atom is 0.231 e. The van der Waals surface area contributed by atoms with Crippen LogP contribution in [-0.2, 0) is 6.54 Å². The summed E-state index contributed by atoms with van der Waals surface area (Å²) in [7, 11) is 0. The number of halogens is 1. The van der Waals surface area contributed by atoms with Crippen molar-refractivity contribution in [3.8, 4) is 11.5 Å². The first-order chi connectivity index (χ1) is 13.2. The third-order valence-electron chi connectivity index (χ3n) is 4.78. The van der Waals surface area contributed by atoms with Gasteiger partial charge in [0.05, 0.1) is 0 Å². The van der Waals surface area contributed by atoms with Crippen LogP contribution < -0.4 is 20.5 Å². The zero-order valence-corrected chi connectivity index (χ0v) is 16.7. The van der Waals surface area contributed by atoms with E-state index in [1.165, 1.54) is 6.33 Å². The van der Waals surface area contributed by atoms with Crippen LogP contribution in [0.25, 0.3) is 11.2 Å². The fraction of sp³-hybridized carbons (Fsp3) is 0.353. The highest BCUT2D eigenvalue weighted by Crippen LogP contribution is 2.43. The van der Waals surface area contributed by atoms with Crippen LogP contribution in [0.1, 0.15) is 6.42 Å². The number of nitrogens with one attached hydrogen (secondary N) is 1. The highest BCUT2D eigenvalue weighted by Gasteiger charge is 2.22. The maximum absolute atomic E-state index is 6.04. The lowest BCUT2D eigenvalue weighted by Crippen LogP contribution is -2.42. The summed E-state index contributed by atoms with van der Waals surface area (Å²) >= 11 is 5.17. The molecular formula is C17H17BrN6O2S. The van der Waals surface area contributed by atoms with E-state index in [0.717, 1.165) is 57.7 Å². The van der Waals surface area contributed by atoms with Gasteiger partial charge in [0.15, 0.2) is 33.6 Å². The zero-order chi connectivity index (χ0) is 18.4. The fourth-order valence-electron chi connectivity index (χ4n) is 3.15. The average Bonchev–Trinajstić information content (AvgIpc) is 3.19. The Balaban J connectivity index is 1.52. The van der Waals surface area contributed by atoms with E-state index in [2.05, 4.69) is 35.8 Å². The van der Waals surface area contributed by atoms with Gasteiger partial charge < -0.3 is 25.1 Å². The lowest BCUT2D eigenvalue weighted by atomic mass is 10.00. The number of ether oxygens (including phenoxy) is 2. The molecule has 0 saturated carbocycles. The van der Waals surface area contributed by atoms with Gasteiger partial charge in [-0.15, -0.1) is 0 Å². The van der Waals surface area contributed by atoms with Gasteiger partial charge in [-0.2, -0.15) is 0 Å². The van der Waals surface area contributed by atoms with Gasteiger partial charge >= 0.3 is 0 Å². The van der Waals surface area contributed by atoms with E-state index < -0.39 is 0 Å². The number of imidazole rings is 1. The van der Waals surface area contributed by atoms with E-state index in [4.69, 9.17) is 20.2 Å². The quantitative estimate of drug-likeness (QED) is 0.614. The minimum absolute atomic E-state index is 0.246. The van der Waals surface area contributed by atoms with E-state index in [0.29, 0.717) is 17.3 Å². The SMILES string of the molecule is Nc1ncnc2c1nc(Sc1cc3c(cc1Br)OCO3)n2CCC1CNC1. The molecule has 0 aliphatic carbocycles. The summed E-state index contributed by atoms with van der Waals surface area (Å²) in [6.07, 6.45) is 2.56. The van der Waals surface area contributed by atoms with Crippen LogP contribution >= 0.6 is 27.7 Å². The Labute approximate surface area is 168 Å². The second-order valence-corrected chi connectivity index (χ2v) is 8.39. The zero-order valence-electron chi connectivity index (χ0n) is 14.3. The second-order valence-electron chi connectivity index (χ2n) is 6.53. The van der Waals surface area contributed by atoms with Crippen molar-refractivity contribution in [3.63, 3.8) is 0 Å². The highest BCUT2D eigenvalue weighted by atomic mass is 79.9. The predicted octanol–water partition coefficient (Wildman–Crippen LogP) is 2.66. The van der Waals surface area contributed by atoms with Gasteiger partial charge in [0.2, 0.25) is 6.79 Å². The topological polar surface area (TPSA) is 100 Å². The maximum atomic E-state index is 6.04. The Morgan fingerprint density at radius 3 is 2.85 bits per heavy atom. The lowest BCUT2D eigenvalue weighted by molar-refractivity contribution is 0.174. The van der Waals surface area contributed by atoms with Crippen molar-refractivity contribution in [3.05, 3.63) is 22.9 Å². The summed E-state index contributed by atoms with van der Waals surface area (Å²) in [4.78, 5) is 14.2. The molecule has 27 heavy (non-hydrogen) atoms. The lowest BCUT2D eigenvalue weighted by Gasteiger charge is -2.27. The number of aryl methyl sites for hydroxylation is 1. The van der Waals surface area contributed by atoms with Crippen molar-refractivity contribution in [1.29, 1.82) is 0 Å². The van der Waals surface area contributed by atoms with Crippen LogP contribution in [0.3, 0.4) is 0 Å². The van der Waals surface area contributed by atoms with Crippen molar-refractivity contribution in [2.75, 3.05) is 25.6 Å². The summed E-state index contributed by atoms with van der Waals surface area (Å²) in [6.45, 7) is 3.22. The molecule has 5 rings (SSSR count). The van der Waals surface area contributed by atoms with Crippen LogP contribution in [0, 0.1) is 5.92 Å². The Hall–Kier alpha value is -2.04. The van der Waals surface area contributed by atoms with Crippen molar-refractivity contribution in [1.82, 2.24) is 24.8 Å². The van der Waals surface area contributed by atoms with E-state index in [9.17, 15) is 0 Å². The predicted molar refractivity (Wildman–Crippen MR) is 105 cm³/mol. The van der Waals surface area contributed by atoms with Gasteiger partial charge in [0, 0.05) is 15.9 Å². The molecule has 10 heteroatoms. The Kier molecular flexibility index (Phi) is 4.33. The normalized spacial score (nSPS) is 16.0. The monoisotopic (exact) mass is 448 g/mol. The molecule has 0 amide bonds. The number of rotatable bonds is 5. The third kappa shape index (κ3) is 3.11. The Morgan fingerprint density at radius 1 is 1.26 bits per heavy atom. The first-order valence-corrected chi connectivity index (χ1v) is 10.2. The van der Waals surface area contributed by atoms with E-state index in [1.807, 2.05) is 12.1 Å². The van der Waals surface area contributed by atoms with Gasteiger partial charge in [-0.1, -0.05) is 11.8 Å². The number of hydrogen-bond acceptors (Lipinski definition) is 8. The largest absolute Gasteiger partial charge is 0.454 e.